The van der Waals surface area contributed by atoms with Crippen molar-refractivity contribution >= 4 is 0 Å². The predicted octanol–water partition coefficient (Wildman–Crippen LogP) is 2.03. The number of ether oxygens (including phenoxy) is 1. The first-order valence-electron chi connectivity index (χ1n) is 4.85. The Morgan fingerprint density at radius 1 is 1.47 bits per heavy atom. The van der Waals surface area contributed by atoms with Gasteiger partial charge in [-0.25, -0.2) is 0 Å². The first kappa shape index (κ1) is 11.7. The van der Waals surface area contributed by atoms with Crippen molar-refractivity contribution < 1.29 is 9.84 Å². The van der Waals surface area contributed by atoms with E-state index in [4.69, 9.17) is 10.00 Å². The monoisotopic (exact) mass is 205 g/mol. The van der Waals surface area contributed by atoms with E-state index in [1.54, 1.807) is 14.0 Å². The Bertz CT molecular complexity index is 357. The van der Waals surface area contributed by atoms with Gasteiger partial charge in [-0.3, -0.25) is 0 Å². The normalized spacial score (nSPS) is 14.3. The van der Waals surface area contributed by atoms with Crippen molar-refractivity contribution in [2.45, 2.75) is 19.6 Å². The highest BCUT2D eigenvalue weighted by Crippen LogP contribution is 2.24. The van der Waals surface area contributed by atoms with Crippen LogP contribution in [0, 0.1) is 17.2 Å². The van der Waals surface area contributed by atoms with Crippen molar-refractivity contribution in [3.05, 3.63) is 35.4 Å². The Morgan fingerprint density at radius 2 is 2.13 bits per heavy atom. The van der Waals surface area contributed by atoms with Crippen LogP contribution in [0.15, 0.2) is 24.3 Å². The van der Waals surface area contributed by atoms with E-state index < -0.39 is 12.0 Å². The highest BCUT2D eigenvalue weighted by Gasteiger charge is 2.18. The average molecular weight is 205 g/mol. The fraction of sp³-hybridized carbons (Fsp3) is 0.417. The maximum atomic E-state index is 9.92. The summed E-state index contributed by atoms with van der Waals surface area (Å²) in [5.41, 5.74) is 1.70. The molecule has 1 aromatic rings. The summed E-state index contributed by atoms with van der Waals surface area (Å²) < 4.78 is 5.04. The molecule has 0 aromatic heterocycles. The molecule has 80 valence electrons. The first-order valence-corrected chi connectivity index (χ1v) is 4.85. The minimum absolute atomic E-state index is 0.414. The number of hydrogen-bond donors (Lipinski definition) is 1. The van der Waals surface area contributed by atoms with E-state index in [2.05, 4.69) is 0 Å². The van der Waals surface area contributed by atoms with E-state index in [9.17, 15) is 5.11 Å². The van der Waals surface area contributed by atoms with Crippen LogP contribution in [-0.4, -0.2) is 12.2 Å². The summed E-state index contributed by atoms with van der Waals surface area (Å²) in [6.45, 7) is 2.15. The van der Waals surface area contributed by atoms with Crippen molar-refractivity contribution in [1.29, 1.82) is 5.26 Å². The third kappa shape index (κ3) is 2.79. The van der Waals surface area contributed by atoms with Gasteiger partial charge in [0.25, 0.3) is 0 Å². The van der Waals surface area contributed by atoms with Crippen molar-refractivity contribution in [1.82, 2.24) is 0 Å². The van der Waals surface area contributed by atoms with Gasteiger partial charge in [-0.2, -0.15) is 5.26 Å². The molecule has 0 heterocycles. The van der Waals surface area contributed by atoms with Crippen LogP contribution in [0.1, 0.15) is 24.2 Å². The molecule has 0 spiro atoms. The van der Waals surface area contributed by atoms with Gasteiger partial charge in [0.1, 0.15) is 0 Å². The molecule has 3 heteroatoms. The van der Waals surface area contributed by atoms with Crippen LogP contribution in [0.5, 0.6) is 0 Å². The second kappa shape index (κ2) is 5.50. The van der Waals surface area contributed by atoms with Gasteiger partial charge in [0.05, 0.1) is 24.7 Å². The van der Waals surface area contributed by atoms with Gasteiger partial charge >= 0.3 is 0 Å². The third-order valence-corrected chi connectivity index (χ3v) is 2.35. The van der Waals surface area contributed by atoms with Crippen molar-refractivity contribution in [2.24, 2.45) is 5.92 Å². The topological polar surface area (TPSA) is 53.2 Å². The zero-order chi connectivity index (χ0) is 11.3. The molecule has 3 nitrogen and oxygen atoms in total. The van der Waals surface area contributed by atoms with Crippen LogP contribution in [0.4, 0.5) is 0 Å². The van der Waals surface area contributed by atoms with E-state index in [1.807, 2.05) is 30.3 Å². The van der Waals surface area contributed by atoms with Crippen LogP contribution in [-0.2, 0) is 11.3 Å². The van der Waals surface area contributed by atoms with Crippen LogP contribution in [0.2, 0.25) is 0 Å². The predicted molar refractivity (Wildman–Crippen MR) is 56.9 cm³/mol. The number of methoxy groups -OCH3 is 1. The van der Waals surface area contributed by atoms with E-state index in [-0.39, 0.29) is 0 Å². The lowest BCUT2D eigenvalue weighted by Crippen LogP contribution is -2.10. The van der Waals surface area contributed by atoms with Crippen LogP contribution >= 0.6 is 0 Å². The highest BCUT2D eigenvalue weighted by atomic mass is 16.5. The second-order valence-electron chi connectivity index (χ2n) is 3.49. The molecule has 0 fully saturated rings. The van der Waals surface area contributed by atoms with E-state index >= 15 is 0 Å². The van der Waals surface area contributed by atoms with Gasteiger partial charge in [-0.05, 0) is 18.1 Å². The molecule has 0 saturated heterocycles. The average Bonchev–Trinajstić information content (AvgIpc) is 2.28. The maximum Gasteiger partial charge on any atom is 0.0948 e. The maximum absolute atomic E-state index is 9.92. The van der Waals surface area contributed by atoms with E-state index in [0.29, 0.717) is 6.61 Å². The molecular weight excluding hydrogens is 190 g/mol. The molecule has 0 radical (unpaired) electrons. The summed E-state index contributed by atoms with van der Waals surface area (Å²) >= 11 is 0. The van der Waals surface area contributed by atoms with Gasteiger partial charge < -0.3 is 9.84 Å². The number of nitriles is 1. The Hall–Kier alpha value is -1.37. The fourth-order valence-corrected chi connectivity index (χ4v) is 1.45. The Morgan fingerprint density at radius 3 is 2.73 bits per heavy atom. The molecule has 0 aliphatic carbocycles. The molecule has 0 saturated carbocycles. The minimum Gasteiger partial charge on any atom is -0.387 e. The van der Waals surface area contributed by atoms with E-state index in [0.717, 1.165) is 11.1 Å². The fourth-order valence-electron chi connectivity index (χ4n) is 1.45. The molecule has 1 rings (SSSR count). The van der Waals surface area contributed by atoms with Crippen LogP contribution in [0.25, 0.3) is 0 Å². The number of nitrogens with zero attached hydrogens (tertiary/aromatic N) is 1. The Labute approximate surface area is 89.9 Å². The number of benzene rings is 1. The Balaban J connectivity index is 2.97. The highest BCUT2D eigenvalue weighted by molar-refractivity contribution is 5.29. The van der Waals surface area contributed by atoms with Crippen LogP contribution < -0.4 is 0 Å². The molecule has 2 unspecified atom stereocenters. The molecule has 15 heavy (non-hydrogen) atoms. The van der Waals surface area contributed by atoms with E-state index in [1.165, 1.54) is 0 Å². The minimum atomic E-state index is -0.749. The number of aliphatic hydroxyl groups is 1. The summed E-state index contributed by atoms with van der Waals surface area (Å²) in [4.78, 5) is 0. The number of hydrogen-bond acceptors (Lipinski definition) is 3. The molecule has 0 amide bonds. The quantitative estimate of drug-likeness (QED) is 0.818. The summed E-state index contributed by atoms with van der Waals surface area (Å²) in [7, 11) is 1.61. The zero-order valence-corrected chi connectivity index (χ0v) is 8.97. The smallest absolute Gasteiger partial charge is 0.0948 e. The summed E-state index contributed by atoms with van der Waals surface area (Å²) in [6, 6.07) is 9.50. The van der Waals surface area contributed by atoms with Crippen molar-refractivity contribution in [2.75, 3.05) is 7.11 Å². The van der Waals surface area contributed by atoms with Gasteiger partial charge in [0, 0.05) is 7.11 Å². The lowest BCUT2D eigenvalue weighted by atomic mass is 9.95. The molecule has 1 aromatic carbocycles. The lowest BCUT2D eigenvalue weighted by molar-refractivity contribution is 0.135. The Kier molecular flexibility index (Phi) is 4.29. The summed E-state index contributed by atoms with van der Waals surface area (Å²) in [5.74, 6) is -0.414. The molecular formula is C12H15NO2. The van der Waals surface area contributed by atoms with Gasteiger partial charge in [0.15, 0.2) is 0 Å². The lowest BCUT2D eigenvalue weighted by Gasteiger charge is -2.16. The molecule has 0 aliphatic heterocycles. The van der Waals surface area contributed by atoms with Gasteiger partial charge in [-0.1, -0.05) is 24.3 Å². The summed E-state index contributed by atoms with van der Waals surface area (Å²) in [6.07, 6.45) is -0.749. The summed E-state index contributed by atoms with van der Waals surface area (Å²) in [5, 5.41) is 18.7. The van der Waals surface area contributed by atoms with Crippen LogP contribution in [0.3, 0.4) is 0 Å². The number of rotatable bonds is 4. The molecule has 1 N–H and O–H groups in total. The standard InChI is InChI=1S/C12H15NO2/c1-9(7-13)12(14)11-6-4-3-5-10(11)8-15-2/h3-6,9,12,14H,8H2,1-2H3. The van der Waals surface area contributed by atoms with Gasteiger partial charge in [-0.15, -0.1) is 0 Å². The molecule has 0 aliphatic rings. The van der Waals surface area contributed by atoms with Crippen molar-refractivity contribution in [3.63, 3.8) is 0 Å². The second-order valence-corrected chi connectivity index (χ2v) is 3.49. The van der Waals surface area contributed by atoms with Gasteiger partial charge in [0.2, 0.25) is 0 Å². The van der Waals surface area contributed by atoms with Crippen molar-refractivity contribution in [3.8, 4) is 6.07 Å². The molecule has 0 bridgehead atoms. The largest absolute Gasteiger partial charge is 0.387 e. The first-order chi connectivity index (χ1) is 7.20. The zero-order valence-electron chi connectivity index (χ0n) is 8.97. The molecule has 2 atom stereocenters. The third-order valence-electron chi connectivity index (χ3n) is 2.35. The SMILES string of the molecule is COCc1ccccc1C(O)C(C)C#N. The number of aliphatic hydroxyl groups excluding tert-OH is 1.